The molecular weight excluding hydrogens is 405 g/mol. The molecule has 0 aliphatic rings. The molecule has 0 bridgehead atoms. The molecule has 0 radical (unpaired) electrons. The van der Waals surface area contributed by atoms with Gasteiger partial charge in [-0.3, -0.25) is 4.79 Å². The first-order valence-corrected chi connectivity index (χ1v) is 10.7. The van der Waals surface area contributed by atoms with Crippen LogP contribution in [0.3, 0.4) is 0 Å². The molecule has 4 rings (SSSR count). The topological polar surface area (TPSA) is 76.4 Å². The van der Waals surface area contributed by atoms with Gasteiger partial charge in [-0.25, -0.2) is 16.8 Å². The van der Waals surface area contributed by atoms with Crippen molar-refractivity contribution < 1.29 is 22.7 Å². The fourth-order valence-electron chi connectivity index (χ4n) is 3.46. The van der Waals surface area contributed by atoms with Crippen molar-refractivity contribution in [3.63, 3.8) is 0 Å². The van der Waals surface area contributed by atoms with Gasteiger partial charge in [-0.2, -0.15) is 0 Å². The Morgan fingerprint density at radius 1 is 0.933 bits per heavy atom. The van der Waals surface area contributed by atoms with Crippen LogP contribution in [-0.2, 0) is 21.2 Å². The maximum absolute atomic E-state index is 13.8. The zero-order chi connectivity index (χ0) is 21.3. The number of carboxylic acids is 1. The molecule has 0 saturated heterocycles. The van der Waals surface area contributed by atoms with E-state index in [1.54, 1.807) is 12.1 Å². The van der Waals surface area contributed by atoms with E-state index < -0.39 is 21.8 Å². The number of rotatable bonds is 6. The van der Waals surface area contributed by atoms with Gasteiger partial charge in [0.2, 0.25) is 0 Å². The molecule has 0 amide bonds. The molecule has 0 fully saturated rings. The number of hydrogen-bond donors (Lipinski definition) is 1. The van der Waals surface area contributed by atoms with Gasteiger partial charge in [-0.1, -0.05) is 42.5 Å². The summed E-state index contributed by atoms with van der Waals surface area (Å²) < 4.78 is 41.8. The van der Waals surface area contributed by atoms with Crippen LogP contribution in [0.1, 0.15) is 12.0 Å². The summed E-state index contributed by atoms with van der Waals surface area (Å²) >= 11 is 0. The first-order valence-electron chi connectivity index (χ1n) is 9.28. The van der Waals surface area contributed by atoms with E-state index in [9.17, 15) is 17.6 Å². The molecule has 0 aliphatic heterocycles. The number of nitrogens with zero attached hydrogens (tertiary/aromatic N) is 1. The molecular formula is C23H18FNO4S. The second-order valence-electron chi connectivity index (χ2n) is 6.90. The maximum Gasteiger partial charge on any atom is 0.303 e. The lowest BCUT2D eigenvalue weighted by atomic mass is 10.1. The summed E-state index contributed by atoms with van der Waals surface area (Å²) in [5.41, 5.74) is 2.41. The number of carbonyl (C=O) groups is 1. The Balaban J connectivity index is 1.84. The summed E-state index contributed by atoms with van der Waals surface area (Å²) in [5, 5.41) is 9.37. The number of carboxylic acid groups (broad SMARTS) is 1. The van der Waals surface area contributed by atoms with Crippen molar-refractivity contribution in [2.45, 2.75) is 17.7 Å². The van der Waals surface area contributed by atoms with E-state index in [-0.39, 0.29) is 17.7 Å². The molecule has 7 heteroatoms. The van der Waals surface area contributed by atoms with Crippen molar-refractivity contribution in [2.24, 2.45) is 0 Å². The number of fused-ring (bicyclic) bond motifs is 1. The smallest absolute Gasteiger partial charge is 0.303 e. The van der Waals surface area contributed by atoms with Crippen LogP contribution in [0.15, 0.2) is 83.9 Å². The first-order chi connectivity index (χ1) is 14.4. The first kappa shape index (κ1) is 19.8. The summed E-state index contributed by atoms with van der Waals surface area (Å²) in [6, 6.07) is 19.8. The van der Waals surface area contributed by atoms with Crippen molar-refractivity contribution in [1.29, 1.82) is 0 Å². The molecule has 0 aliphatic carbocycles. The van der Waals surface area contributed by atoms with E-state index in [2.05, 4.69) is 0 Å². The van der Waals surface area contributed by atoms with E-state index in [4.69, 9.17) is 5.11 Å². The Morgan fingerprint density at radius 3 is 2.40 bits per heavy atom. The van der Waals surface area contributed by atoms with Crippen LogP contribution >= 0.6 is 0 Å². The van der Waals surface area contributed by atoms with Gasteiger partial charge in [0.1, 0.15) is 5.82 Å². The van der Waals surface area contributed by atoms with Crippen molar-refractivity contribution >= 4 is 26.9 Å². The molecule has 0 saturated carbocycles. The normalized spacial score (nSPS) is 11.6. The lowest BCUT2D eigenvalue weighted by Gasteiger charge is -2.09. The predicted molar refractivity (Wildman–Crippen MR) is 112 cm³/mol. The minimum atomic E-state index is -3.98. The highest BCUT2D eigenvalue weighted by atomic mass is 32.2. The van der Waals surface area contributed by atoms with Gasteiger partial charge in [-0.05, 0) is 53.4 Å². The lowest BCUT2D eigenvalue weighted by Crippen LogP contribution is -2.12. The average molecular weight is 423 g/mol. The number of halogens is 1. The molecule has 30 heavy (non-hydrogen) atoms. The highest BCUT2D eigenvalue weighted by Gasteiger charge is 2.22. The molecule has 0 unspecified atom stereocenters. The summed E-state index contributed by atoms with van der Waals surface area (Å²) in [6.07, 6.45) is 1.30. The lowest BCUT2D eigenvalue weighted by molar-refractivity contribution is -0.136. The third kappa shape index (κ3) is 3.71. The molecule has 5 nitrogen and oxygen atoms in total. The summed E-state index contributed by atoms with van der Waals surface area (Å²) in [6.45, 7) is 0. The Kier molecular flexibility index (Phi) is 5.13. The van der Waals surface area contributed by atoms with Crippen LogP contribution in [0.2, 0.25) is 0 Å². The van der Waals surface area contributed by atoms with Crippen LogP contribution in [0.4, 0.5) is 4.39 Å². The SMILES string of the molecule is O=C(O)CCc1cn(S(=O)(=O)c2cccc(-c3ccccc3)c2)c2ccc(F)cc12. The van der Waals surface area contributed by atoms with Gasteiger partial charge >= 0.3 is 5.97 Å². The minimum absolute atomic E-state index is 0.0925. The van der Waals surface area contributed by atoms with Crippen molar-refractivity contribution in [2.75, 3.05) is 0 Å². The van der Waals surface area contributed by atoms with E-state index in [0.717, 1.165) is 15.1 Å². The third-order valence-corrected chi connectivity index (χ3v) is 6.59. The number of aryl methyl sites for hydroxylation is 1. The molecule has 1 aromatic heterocycles. The number of aromatic nitrogens is 1. The highest BCUT2D eigenvalue weighted by molar-refractivity contribution is 7.90. The van der Waals surface area contributed by atoms with E-state index in [0.29, 0.717) is 16.5 Å². The zero-order valence-corrected chi connectivity index (χ0v) is 16.6. The van der Waals surface area contributed by atoms with Gasteiger partial charge in [0.25, 0.3) is 10.0 Å². The maximum atomic E-state index is 13.8. The molecule has 3 aromatic carbocycles. The highest BCUT2D eigenvalue weighted by Crippen LogP contribution is 2.29. The van der Waals surface area contributed by atoms with Crippen LogP contribution in [0.5, 0.6) is 0 Å². The second-order valence-corrected chi connectivity index (χ2v) is 8.72. The number of hydrogen-bond acceptors (Lipinski definition) is 3. The van der Waals surface area contributed by atoms with Gasteiger partial charge in [0.15, 0.2) is 0 Å². The summed E-state index contributed by atoms with van der Waals surface area (Å²) in [4.78, 5) is 11.1. The Hall–Kier alpha value is -3.45. The monoisotopic (exact) mass is 423 g/mol. The Morgan fingerprint density at radius 2 is 1.67 bits per heavy atom. The molecule has 1 heterocycles. The standard InChI is InChI=1S/C23H18FNO4S/c24-19-10-11-22-21(14-19)18(9-12-23(26)27)15-25(22)30(28,29)20-8-4-7-17(13-20)16-5-2-1-3-6-16/h1-8,10-11,13-15H,9,12H2,(H,26,27). The molecule has 152 valence electrons. The summed E-state index contributed by atoms with van der Waals surface area (Å²) in [7, 11) is -3.98. The van der Waals surface area contributed by atoms with Gasteiger partial charge in [0.05, 0.1) is 10.4 Å². The molecule has 1 N–H and O–H groups in total. The number of benzene rings is 3. The minimum Gasteiger partial charge on any atom is -0.481 e. The fraction of sp³-hybridized carbons (Fsp3) is 0.0870. The van der Waals surface area contributed by atoms with Gasteiger partial charge in [0, 0.05) is 18.0 Å². The average Bonchev–Trinajstić information content (AvgIpc) is 3.11. The van der Waals surface area contributed by atoms with Crippen molar-refractivity contribution in [3.8, 4) is 11.1 Å². The zero-order valence-electron chi connectivity index (χ0n) is 15.8. The van der Waals surface area contributed by atoms with Gasteiger partial charge < -0.3 is 5.11 Å². The van der Waals surface area contributed by atoms with Gasteiger partial charge in [-0.15, -0.1) is 0 Å². The van der Waals surface area contributed by atoms with E-state index in [1.807, 2.05) is 36.4 Å². The van der Waals surface area contributed by atoms with Crippen LogP contribution in [0, 0.1) is 5.82 Å². The van der Waals surface area contributed by atoms with Crippen LogP contribution in [0.25, 0.3) is 22.0 Å². The molecule has 0 atom stereocenters. The largest absolute Gasteiger partial charge is 0.481 e. The third-order valence-electron chi connectivity index (χ3n) is 4.92. The Bertz CT molecular complexity index is 1340. The summed E-state index contributed by atoms with van der Waals surface area (Å²) in [5.74, 6) is -1.52. The number of aliphatic carboxylic acids is 1. The molecule has 0 spiro atoms. The van der Waals surface area contributed by atoms with Crippen molar-refractivity contribution in [1.82, 2.24) is 3.97 Å². The van der Waals surface area contributed by atoms with E-state index in [1.165, 1.54) is 30.5 Å². The van der Waals surface area contributed by atoms with Crippen LogP contribution < -0.4 is 0 Å². The van der Waals surface area contributed by atoms with Crippen molar-refractivity contribution in [3.05, 3.63) is 90.4 Å². The van der Waals surface area contributed by atoms with E-state index >= 15 is 0 Å². The quantitative estimate of drug-likeness (QED) is 0.488. The second kappa shape index (κ2) is 7.76. The molecule has 4 aromatic rings. The Labute approximate surface area is 173 Å². The van der Waals surface area contributed by atoms with Crippen LogP contribution in [-0.4, -0.2) is 23.5 Å². The fourth-order valence-corrected chi connectivity index (χ4v) is 4.90. The predicted octanol–water partition coefficient (Wildman–Crippen LogP) is 4.70.